The van der Waals surface area contributed by atoms with E-state index in [4.69, 9.17) is 5.73 Å². The summed E-state index contributed by atoms with van der Waals surface area (Å²) in [6, 6.07) is 11.3. The van der Waals surface area contributed by atoms with Crippen LogP contribution >= 0.6 is 0 Å². The SMILES string of the molecule is CC(=O)Nc1cc(N)ccc1N=Nc1cccc(O)c1. The summed E-state index contributed by atoms with van der Waals surface area (Å²) in [5.74, 6) is -0.106. The molecule has 0 aromatic heterocycles. The zero-order valence-corrected chi connectivity index (χ0v) is 10.9. The maximum atomic E-state index is 11.1. The molecule has 0 fully saturated rings. The number of hydrogen-bond donors (Lipinski definition) is 3. The molecular formula is C14H14N4O2. The lowest BCUT2D eigenvalue weighted by molar-refractivity contribution is -0.114. The number of aromatic hydroxyl groups is 1. The van der Waals surface area contributed by atoms with Crippen molar-refractivity contribution in [2.45, 2.75) is 6.92 Å². The molecule has 0 aliphatic carbocycles. The number of azo groups is 1. The summed E-state index contributed by atoms with van der Waals surface area (Å²) >= 11 is 0. The van der Waals surface area contributed by atoms with Gasteiger partial charge in [-0.2, -0.15) is 5.11 Å². The molecule has 2 aromatic rings. The van der Waals surface area contributed by atoms with Gasteiger partial charge < -0.3 is 16.2 Å². The molecule has 0 heterocycles. The Morgan fingerprint density at radius 2 is 2.00 bits per heavy atom. The molecule has 1 amide bonds. The Labute approximate surface area is 116 Å². The van der Waals surface area contributed by atoms with E-state index >= 15 is 0 Å². The van der Waals surface area contributed by atoms with Crippen LogP contribution in [0.2, 0.25) is 0 Å². The number of carbonyl (C=O) groups excluding carboxylic acids is 1. The van der Waals surface area contributed by atoms with Gasteiger partial charge >= 0.3 is 0 Å². The zero-order valence-electron chi connectivity index (χ0n) is 10.9. The molecule has 0 saturated heterocycles. The van der Waals surface area contributed by atoms with Crippen LogP contribution in [0.15, 0.2) is 52.7 Å². The van der Waals surface area contributed by atoms with E-state index < -0.39 is 0 Å². The van der Waals surface area contributed by atoms with E-state index in [1.165, 1.54) is 13.0 Å². The molecule has 102 valence electrons. The first-order valence-corrected chi connectivity index (χ1v) is 5.92. The largest absolute Gasteiger partial charge is 0.508 e. The number of nitrogens with two attached hydrogens (primary N) is 1. The summed E-state index contributed by atoms with van der Waals surface area (Å²) < 4.78 is 0. The van der Waals surface area contributed by atoms with E-state index in [2.05, 4.69) is 15.5 Å². The lowest BCUT2D eigenvalue weighted by Crippen LogP contribution is -2.06. The number of nitrogens with zero attached hydrogens (tertiary/aromatic N) is 2. The molecule has 6 nitrogen and oxygen atoms in total. The van der Waals surface area contributed by atoms with Crippen molar-refractivity contribution in [1.82, 2.24) is 0 Å². The second kappa shape index (κ2) is 5.83. The third-order valence-corrected chi connectivity index (χ3v) is 2.43. The van der Waals surface area contributed by atoms with Gasteiger partial charge in [-0.25, -0.2) is 0 Å². The topological polar surface area (TPSA) is 100 Å². The minimum Gasteiger partial charge on any atom is -0.508 e. The number of amides is 1. The van der Waals surface area contributed by atoms with Gasteiger partial charge in [-0.1, -0.05) is 6.07 Å². The fraction of sp³-hybridized carbons (Fsp3) is 0.0714. The number of nitrogen functional groups attached to an aromatic ring is 1. The molecule has 0 unspecified atom stereocenters. The Morgan fingerprint density at radius 3 is 2.70 bits per heavy atom. The predicted octanol–water partition coefficient (Wildman–Crippen LogP) is 3.35. The number of carbonyl (C=O) groups is 1. The lowest BCUT2D eigenvalue weighted by atomic mass is 10.2. The van der Waals surface area contributed by atoms with Gasteiger partial charge in [0.05, 0.1) is 11.4 Å². The van der Waals surface area contributed by atoms with Crippen LogP contribution < -0.4 is 11.1 Å². The molecule has 4 N–H and O–H groups in total. The third kappa shape index (κ3) is 3.55. The smallest absolute Gasteiger partial charge is 0.221 e. The Bertz CT molecular complexity index is 668. The molecule has 2 aromatic carbocycles. The summed E-state index contributed by atoms with van der Waals surface area (Å²) in [6.45, 7) is 1.40. The van der Waals surface area contributed by atoms with Crippen molar-refractivity contribution < 1.29 is 9.90 Å². The highest BCUT2D eigenvalue weighted by Crippen LogP contribution is 2.29. The molecule has 0 bridgehead atoms. The number of rotatable bonds is 3. The Hall–Kier alpha value is -2.89. The van der Waals surface area contributed by atoms with Gasteiger partial charge in [0.1, 0.15) is 11.4 Å². The van der Waals surface area contributed by atoms with Gasteiger partial charge in [-0.05, 0) is 30.3 Å². The molecular weight excluding hydrogens is 256 g/mol. The maximum Gasteiger partial charge on any atom is 0.221 e. The molecule has 20 heavy (non-hydrogen) atoms. The highest BCUT2D eigenvalue weighted by molar-refractivity contribution is 5.92. The molecule has 2 rings (SSSR count). The highest BCUT2D eigenvalue weighted by Gasteiger charge is 2.04. The minimum atomic E-state index is -0.218. The Morgan fingerprint density at radius 1 is 1.20 bits per heavy atom. The molecule has 0 radical (unpaired) electrons. The van der Waals surface area contributed by atoms with Crippen LogP contribution in [0, 0.1) is 0 Å². The lowest BCUT2D eigenvalue weighted by Gasteiger charge is -2.06. The van der Waals surface area contributed by atoms with E-state index in [9.17, 15) is 9.90 Å². The van der Waals surface area contributed by atoms with E-state index in [0.29, 0.717) is 22.7 Å². The normalized spacial score (nSPS) is 10.7. The van der Waals surface area contributed by atoms with Crippen molar-refractivity contribution in [3.63, 3.8) is 0 Å². The van der Waals surface area contributed by atoms with Crippen LogP contribution in [-0.2, 0) is 4.79 Å². The van der Waals surface area contributed by atoms with E-state index in [1.807, 2.05) is 0 Å². The van der Waals surface area contributed by atoms with Crippen molar-refractivity contribution in [3.05, 3.63) is 42.5 Å². The minimum absolute atomic E-state index is 0.112. The fourth-order valence-electron chi connectivity index (χ4n) is 1.60. The molecule has 0 atom stereocenters. The average Bonchev–Trinajstić information content (AvgIpc) is 2.37. The number of phenols is 1. The van der Waals surface area contributed by atoms with Crippen LogP contribution in [-0.4, -0.2) is 11.0 Å². The molecule has 0 spiro atoms. The van der Waals surface area contributed by atoms with Crippen LogP contribution in [0.3, 0.4) is 0 Å². The third-order valence-electron chi connectivity index (χ3n) is 2.43. The average molecular weight is 270 g/mol. The molecule has 0 aliphatic heterocycles. The number of anilines is 2. The van der Waals surface area contributed by atoms with Crippen molar-refractivity contribution in [3.8, 4) is 5.75 Å². The van der Waals surface area contributed by atoms with Gasteiger partial charge in [0.25, 0.3) is 0 Å². The van der Waals surface area contributed by atoms with Gasteiger partial charge in [-0.15, -0.1) is 5.11 Å². The first-order chi connectivity index (χ1) is 9.54. The van der Waals surface area contributed by atoms with Crippen LogP contribution in [0.5, 0.6) is 5.75 Å². The standard InChI is InChI=1S/C14H14N4O2/c1-9(19)16-14-7-10(15)5-6-13(14)18-17-11-3-2-4-12(20)8-11/h2-8,20H,15H2,1H3,(H,16,19). The second-order valence-corrected chi connectivity index (χ2v) is 4.18. The van der Waals surface area contributed by atoms with Gasteiger partial charge in [-0.3, -0.25) is 4.79 Å². The van der Waals surface area contributed by atoms with Crippen molar-refractivity contribution in [2.24, 2.45) is 10.2 Å². The second-order valence-electron chi connectivity index (χ2n) is 4.18. The Kier molecular flexibility index (Phi) is 3.95. The number of hydrogen-bond acceptors (Lipinski definition) is 5. The highest BCUT2D eigenvalue weighted by atomic mass is 16.3. The number of benzene rings is 2. The van der Waals surface area contributed by atoms with Gasteiger partial charge in [0, 0.05) is 18.7 Å². The van der Waals surface area contributed by atoms with Crippen molar-refractivity contribution in [2.75, 3.05) is 11.1 Å². The quantitative estimate of drug-likeness (QED) is 0.589. The van der Waals surface area contributed by atoms with E-state index in [0.717, 1.165) is 0 Å². The first-order valence-electron chi connectivity index (χ1n) is 5.92. The fourth-order valence-corrected chi connectivity index (χ4v) is 1.60. The van der Waals surface area contributed by atoms with Crippen LogP contribution in [0.25, 0.3) is 0 Å². The monoisotopic (exact) mass is 270 g/mol. The maximum absolute atomic E-state index is 11.1. The Balaban J connectivity index is 2.30. The summed E-state index contributed by atoms with van der Waals surface area (Å²) in [5.41, 5.74) is 7.67. The predicted molar refractivity (Wildman–Crippen MR) is 77.4 cm³/mol. The van der Waals surface area contributed by atoms with Crippen LogP contribution in [0.4, 0.5) is 22.7 Å². The summed E-state index contributed by atoms with van der Waals surface area (Å²) in [7, 11) is 0. The molecule has 0 saturated carbocycles. The van der Waals surface area contributed by atoms with Gasteiger partial charge in [0.15, 0.2) is 0 Å². The van der Waals surface area contributed by atoms with Crippen molar-refractivity contribution >= 4 is 28.7 Å². The summed E-state index contributed by atoms with van der Waals surface area (Å²) in [6.07, 6.45) is 0. The first kappa shape index (κ1) is 13.5. The number of nitrogens with one attached hydrogen (secondary N) is 1. The van der Waals surface area contributed by atoms with Crippen LogP contribution in [0.1, 0.15) is 6.92 Å². The van der Waals surface area contributed by atoms with E-state index in [1.54, 1.807) is 36.4 Å². The molecule has 6 heteroatoms. The number of phenolic OH excluding ortho intramolecular Hbond substituents is 1. The summed E-state index contributed by atoms with van der Waals surface area (Å²) in [5, 5.41) is 20.0. The molecule has 0 aliphatic rings. The van der Waals surface area contributed by atoms with E-state index in [-0.39, 0.29) is 11.7 Å². The zero-order chi connectivity index (χ0) is 14.5. The van der Waals surface area contributed by atoms with Crippen molar-refractivity contribution in [1.29, 1.82) is 0 Å². The summed E-state index contributed by atoms with van der Waals surface area (Å²) in [4.78, 5) is 11.1. The van der Waals surface area contributed by atoms with Gasteiger partial charge in [0.2, 0.25) is 5.91 Å².